The van der Waals surface area contributed by atoms with Crippen LogP contribution in [0.5, 0.6) is 11.5 Å². The number of carbonyl (C=O) groups excluding carboxylic acids is 1. The molecule has 0 saturated heterocycles. The Morgan fingerprint density at radius 1 is 1.22 bits per heavy atom. The standard InChI is InChI=1S/C19H29NO3/c1-13(2)11-19(21)20-14(3)15-9-10-17(18(12-15)22-4)23-16-7-5-6-8-16/h9-10,12-14,16H,5-8,11H2,1-4H3,(H,20,21). The minimum atomic E-state index is -0.0457. The van der Waals surface area contributed by atoms with Gasteiger partial charge in [-0.3, -0.25) is 4.79 Å². The predicted octanol–water partition coefficient (Wildman–Crippen LogP) is 4.24. The maximum absolute atomic E-state index is 11.9. The maximum atomic E-state index is 11.9. The van der Waals surface area contributed by atoms with Gasteiger partial charge >= 0.3 is 0 Å². The molecule has 1 aliphatic rings. The SMILES string of the molecule is COc1cc(C(C)NC(=O)CC(C)C)ccc1OC1CCCC1. The Kier molecular flexibility index (Phi) is 6.31. The number of methoxy groups -OCH3 is 1. The fourth-order valence-corrected chi connectivity index (χ4v) is 2.99. The summed E-state index contributed by atoms with van der Waals surface area (Å²) in [5.41, 5.74) is 1.03. The van der Waals surface area contributed by atoms with Gasteiger partial charge < -0.3 is 14.8 Å². The molecule has 4 heteroatoms. The summed E-state index contributed by atoms with van der Waals surface area (Å²) in [6.07, 6.45) is 5.56. The summed E-state index contributed by atoms with van der Waals surface area (Å²) in [6, 6.07) is 5.88. The molecule has 0 heterocycles. The average Bonchev–Trinajstić information content (AvgIpc) is 2.99. The molecule has 0 aromatic heterocycles. The van der Waals surface area contributed by atoms with Gasteiger partial charge in [-0.25, -0.2) is 0 Å². The highest BCUT2D eigenvalue weighted by atomic mass is 16.5. The van der Waals surface area contributed by atoms with E-state index in [-0.39, 0.29) is 11.9 Å². The minimum Gasteiger partial charge on any atom is -0.493 e. The number of hydrogen-bond acceptors (Lipinski definition) is 3. The van der Waals surface area contributed by atoms with Crippen molar-refractivity contribution in [3.63, 3.8) is 0 Å². The van der Waals surface area contributed by atoms with Crippen molar-refractivity contribution in [1.82, 2.24) is 5.32 Å². The zero-order chi connectivity index (χ0) is 16.8. The van der Waals surface area contributed by atoms with E-state index in [0.717, 1.165) is 29.9 Å². The van der Waals surface area contributed by atoms with Crippen molar-refractivity contribution in [2.45, 2.75) is 65.0 Å². The van der Waals surface area contributed by atoms with Crippen LogP contribution in [-0.2, 0) is 4.79 Å². The number of rotatable bonds is 7. The van der Waals surface area contributed by atoms with Crippen molar-refractivity contribution >= 4 is 5.91 Å². The molecule has 1 fully saturated rings. The first-order chi connectivity index (χ1) is 11.0. The highest BCUT2D eigenvalue weighted by Crippen LogP contribution is 2.33. The topological polar surface area (TPSA) is 47.6 Å². The Hall–Kier alpha value is -1.71. The number of carbonyl (C=O) groups is 1. The lowest BCUT2D eigenvalue weighted by molar-refractivity contribution is -0.122. The van der Waals surface area contributed by atoms with E-state index in [4.69, 9.17) is 9.47 Å². The molecular formula is C19H29NO3. The second-order valence-corrected chi connectivity index (χ2v) is 6.82. The van der Waals surface area contributed by atoms with Gasteiger partial charge in [-0.15, -0.1) is 0 Å². The summed E-state index contributed by atoms with van der Waals surface area (Å²) in [5, 5.41) is 3.04. The van der Waals surface area contributed by atoms with Gasteiger partial charge in [-0.1, -0.05) is 19.9 Å². The summed E-state index contributed by atoms with van der Waals surface area (Å²) in [5.74, 6) is 1.97. The lowest BCUT2D eigenvalue weighted by Gasteiger charge is -2.19. The van der Waals surface area contributed by atoms with Gasteiger partial charge in [0.25, 0.3) is 0 Å². The molecule has 1 amide bonds. The molecule has 1 atom stereocenters. The molecule has 0 spiro atoms. The Balaban J connectivity index is 2.03. The van der Waals surface area contributed by atoms with Crippen molar-refractivity contribution < 1.29 is 14.3 Å². The molecule has 0 bridgehead atoms. The fraction of sp³-hybridized carbons (Fsp3) is 0.632. The number of hydrogen-bond donors (Lipinski definition) is 1. The van der Waals surface area contributed by atoms with E-state index in [2.05, 4.69) is 5.32 Å². The van der Waals surface area contributed by atoms with E-state index in [9.17, 15) is 4.79 Å². The third kappa shape index (κ3) is 5.15. The van der Waals surface area contributed by atoms with Crippen molar-refractivity contribution in [3.8, 4) is 11.5 Å². The van der Waals surface area contributed by atoms with Crippen molar-refractivity contribution in [2.24, 2.45) is 5.92 Å². The molecule has 2 rings (SSSR count). The van der Waals surface area contributed by atoms with Crippen LogP contribution in [0.4, 0.5) is 0 Å². The molecule has 23 heavy (non-hydrogen) atoms. The van der Waals surface area contributed by atoms with Crippen LogP contribution in [0, 0.1) is 5.92 Å². The van der Waals surface area contributed by atoms with Gasteiger partial charge in [0, 0.05) is 6.42 Å². The Morgan fingerprint density at radius 3 is 2.52 bits per heavy atom. The molecule has 1 aliphatic carbocycles. The van der Waals surface area contributed by atoms with Gasteiger partial charge in [0.2, 0.25) is 5.91 Å². The summed E-state index contributed by atoms with van der Waals surface area (Å²) in [4.78, 5) is 11.9. The first-order valence-corrected chi connectivity index (χ1v) is 8.63. The smallest absolute Gasteiger partial charge is 0.220 e. The molecule has 1 unspecified atom stereocenters. The number of benzene rings is 1. The fourth-order valence-electron chi connectivity index (χ4n) is 2.99. The average molecular weight is 319 g/mol. The number of ether oxygens (including phenoxy) is 2. The van der Waals surface area contributed by atoms with E-state index >= 15 is 0 Å². The van der Waals surface area contributed by atoms with Crippen LogP contribution in [0.3, 0.4) is 0 Å². The van der Waals surface area contributed by atoms with E-state index in [1.807, 2.05) is 39.0 Å². The number of nitrogens with one attached hydrogen (secondary N) is 1. The summed E-state index contributed by atoms with van der Waals surface area (Å²) < 4.78 is 11.5. The summed E-state index contributed by atoms with van der Waals surface area (Å²) >= 11 is 0. The predicted molar refractivity (Wildman–Crippen MR) is 91.9 cm³/mol. The van der Waals surface area contributed by atoms with Gasteiger partial charge in [0.1, 0.15) is 0 Å². The lowest BCUT2D eigenvalue weighted by Crippen LogP contribution is -2.27. The van der Waals surface area contributed by atoms with Gasteiger partial charge in [0.05, 0.1) is 19.3 Å². The molecule has 0 aliphatic heterocycles. The highest BCUT2D eigenvalue weighted by molar-refractivity contribution is 5.76. The first kappa shape index (κ1) is 17.6. The minimum absolute atomic E-state index is 0.0457. The monoisotopic (exact) mass is 319 g/mol. The van der Waals surface area contributed by atoms with Gasteiger partial charge in [-0.2, -0.15) is 0 Å². The maximum Gasteiger partial charge on any atom is 0.220 e. The second kappa shape index (κ2) is 8.23. The number of amides is 1. The van der Waals surface area contributed by atoms with Gasteiger partial charge in [-0.05, 0) is 56.2 Å². The molecule has 1 N–H and O–H groups in total. The van der Waals surface area contributed by atoms with Crippen LogP contribution >= 0.6 is 0 Å². The molecule has 0 radical (unpaired) electrons. The second-order valence-electron chi connectivity index (χ2n) is 6.82. The van der Waals surface area contributed by atoms with Crippen LogP contribution in [0.2, 0.25) is 0 Å². The van der Waals surface area contributed by atoms with E-state index < -0.39 is 0 Å². The van der Waals surface area contributed by atoms with E-state index in [0.29, 0.717) is 18.4 Å². The first-order valence-electron chi connectivity index (χ1n) is 8.63. The van der Waals surface area contributed by atoms with Crippen molar-refractivity contribution in [2.75, 3.05) is 7.11 Å². The lowest BCUT2D eigenvalue weighted by atomic mass is 10.1. The van der Waals surface area contributed by atoms with Crippen molar-refractivity contribution in [1.29, 1.82) is 0 Å². The summed E-state index contributed by atoms with van der Waals surface area (Å²) in [7, 11) is 1.66. The van der Waals surface area contributed by atoms with Crippen LogP contribution in [0.15, 0.2) is 18.2 Å². The third-order valence-electron chi connectivity index (χ3n) is 4.25. The zero-order valence-corrected chi connectivity index (χ0v) is 14.7. The zero-order valence-electron chi connectivity index (χ0n) is 14.7. The quantitative estimate of drug-likeness (QED) is 0.817. The molecule has 128 valence electrons. The van der Waals surface area contributed by atoms with Crippen LogP contribution in [0.1, 0.15) is 64.5 Å². The van der Waals surface area contributed by atoms with Crippen LogP contribution in [0.25, 0.3) is 0 Å². The molecule has 1 aromatic rings. The largest absolute Gasteiger partial charge is 0.493 e. The van der Waals surface area contributed by atoms with E-state index in [1.165, 1.54) is 12.8 Å². The van der Waals surface area contributed by atoms with Crippen LogP contribution in [-0.4, -0.2) is 19.1 Å². The van der Waals surface area contributed by atoms with Gasteiger partial charge in [0.15, 0.2) is 11.5 Å². The third-order valence-corrected chi connectivity index (χ3v) is 4.25. The Labute approximate surface area is 139 Å². The normalized spacial score (nSPS) is 16.4. The van der Waals surface area contributed by atoms with Crippen molar-refractivity contribution in [3.05, 3.63) is 23.8 Å². The molecule has 4 nitrogen and oxygen atoms in total. The Bertz CT molecular complexity index is 521. The molecule has 1 saturated carbocycles. The molecule has 1 aromatic carbocycles. The van der Waals surface area contributed by atoms with Crippen LogP contribution < -0.4 is 14.8 Å². The highest BCUT2D eigenvalue weighted by Gasteiger charge is 2.19. The Morgan fingerprint density at radius 2 is 1.91 bits per heavy atom. The van der Waals surface area contributed by atoms with E-state index in [1.54, 1.807) is 7.11 Å². The molecular weight excluding hydrogens is 290 g/mol. The summed E-state index contributed by atoms with van der Waals surface area (Å²) in [6.45, 7) is 6.08.